The molecule has 1 N–H and O–H groups in total. The van der Waals surface area contributed by atoms with Crippen molar-refractivity contribution < 1.29 is 17.9 Å². The number of aromatic nitrogens is 3. The van der Waals surface area contributed by atoms with Crippen LogP contribution in [0.1, 0.15) is 49.1 Å². The fourth-order valence-corrected chi connectivity index (χ4v) is 5.23. The average Bonchev–Trinajstić information content (AvgIpc) is 2.83. The number of hydrogen-bond donors (Lipinski definition) is 1. The van der Waals surface area contributed by atoms with E-state index in [1.807, 2.05) is 0 Å². The van der Waals surface area contributed by atoms with Crippen LogP contribution in [0.3, 0.4) is 0 Å². The molecule has 1 aromatic carbocycles. The third kappa shape index (κ3) is 4.29. The van der Waals surface area contributed by atoms with Gasteiger partial charge < -0.3 is 10.1 Å². The lowest BCUT2D eigenvalue weighted by Crippen LogP contribution is -2.30. The van der Waals surface area contributed by atoms with Crippen LogP contribution in [0.2, 0.25) is 0 Å². The Kier molecular flexibility index (Phi) is 6.61. The van der Waals surface area contributed by atoms with E-state index in [4.69, 9.17) is 4.74 Å². The number of nitrogens with one attached hydrogen (secondary N) is 1. The summed E-state index contributed by atoms with van der Waals surface area (Å²) in [6, 6.07) is 7.49. The summed E-state index contributed by atoms with van der Waals surface area (Å²) in [6.07, 6.45) is -0.265. The van der Waals surface area contributed by atoms with Crippen molar-refractivity contribution in [2.24, 2.45) is 0 Å². The highest BCUT2D eigenvalue weighted by Gasteiger charge is 2.37. The van der Waals surface area contributed by atoms with Crippen molar-refractivity contribution in [3.63, 3.8) is 0 Å². The van der Waals surface area contributed by atoms with Gasteiger partial charge in [0.15, 0.2) is 0 Å². The maximum absolute atomic E-state index is 14.7. The van der Waals surface area contributed by atoms with Gasteiger partial charge >= 0.3 is 0 Å². The van der Waals surface area contributed by atoms with Gasteiger partial charge in [0.05, 0.1) is 35.9 Å². The predicted molar refractivity (Wildman–Crippen MR) is 121 cm³/mol. The van der Waals surface area contributed by atoms with Gasteiger partial charge in [-0.3, -0.25) is 0 Å². The maximum atomic E-state index is 14.7. The number of ether oxygens (including phenoxy) is 1. The van der Waals surface area contributed by atoms with Crippen LogP contribution in [0, 0.1) is 17.1 Å². The summed E-state index contributed by atoms with van der Waals surface area (Å²) < 4.78 is 46.5. The highest BCUT2D eigenvalue weighted by Crippen LogP contribution is 2.40. The highest BCUT2D eigenvalue weighted by atomic mass is 32.2. The molecule has 4 rings (SSSR count). The van der Waals surface area contributed by atoms with E-state index >= 15 is 0 Å². The third-order valence-corrected chi connectivity index (χ3v) is 6.93. The van der Waals surface area contributed by atoms with Crippen molar-refractivity contribution in [3.8, 4) is 11.9 Å². The zero-order valence-electron chi connectivity index (χ0n) is 18.1. The number of nitriles is 1. The molecule has 0 radical (unpaired) electrons. The van der Waals surface area contributed by atoms with Gasteiger partial charge in [-0.2, -0.15) is 17.0 Å². The largest absolute Gasteiger partial charge is 0.479 e. The molecule has 3 aromatic rings. The molecule has 0 amide bonds. The quantitative estimate of drug-likeness (QED) is 0.501. The van der Waals surface area contributed by atoms with E-state index < -0.39 is 29.3 Å². The number of hydrogen-bond acceptors (Lipinski definition) is 7. The Morgan fingerprint density at radius 2 is 1.94 bits per heavy atom. The van der Waals surface area contributed by atoms with Crippen molar-refractivity contribution >= 4 is 28.5 Å². The molecule has 1 fully saturated rings. The van der Waals surface area contributed by atoms with Gasteiger partial charge in [-0.1, -0.05) is 18.2 Å². The molecule has 0 saturated carbocycles. The first-order valence-corrected chi connectivity index (χ1v) is 11.6. The van der Waals surface area contributed by atoms with Gasteiger partial charge in [-0.25, -0.2) is 28.1 Å². The van der Waals surface area contributed by atoms with Crippen molar-refractivity contribution in [1.29, 1.82) is 5.26 Å². The smallest absolute Gasteiger partial charge is 0.266 e. The summed E-state index contributed by atoms with van der Waals surface area (Å²) in [7, 11) is 1.48. The molecule has 0 unspecified atom stereocenters. The highest BCUT2D eigenvalue weighted by molar-refractivity contribution is 7.99. The molecule has 3 heterocycles. The van der Waals surface area contributed by atoms with Crippen molar-refractivity contribution in [2.45, 2.75) is 37.6 Å². The van der Waals surface area contributed by atoms with Crippen LogP contribution >= 0.6 is 11.8 Å². The van der Waals surface area contributed by atoms with E-state index in [9.17, 15) is 18.4 Å². The molecule has 1 atom stereocenters. The van der Waals surface area contributed by atoms with Crippen LogP contribution in [-0.4, -0.2) is 33.6 Å². The summed E-state index contributed by atoms with van der Waals surface area (Å²) in [4.78, 5) is 13.2. The topological polar surface area (TPSA) is 83.7 Å². The van der Waals surface area contributed by atoms with Gasteiger partial charge in [0.2, 0.25) is 5.88 Å². The molecule has 1 saturated heterocycles. The molecular weight excluding hydrogens is 451 g/mol. The minimum Gasteiger partial charge on any atom is -0.479 e. The summed E-state index contributed by atoms with van der Waals surface area (Å²) in [5, 5.41) is 13.7. The van der Waals surface area contributed by atoms with E-state index in [1.54, 1.807) is 24.8 Å². The zero-order chi connectivity index (χ0) is 23.6. The van der Waals surface area contributed by atoms with Gasteiger partial charge in [0.25, 0.3) is 6.43 Å². The fraction of sp³-hybridized carbons (Fsp3) is 0.391. The third-order valence-electron chi connectivity index (χ3n) is 5.95. The van der Waals surface area contributed by atoms with Crippen molar-refractivity contribution in [2.75, 3.05) is 23.9 Å². The number of benzene rings is 1. The Morgan fingerprint density at radius 1 is 1.21 bits per heavy atom. The molecule has 0 spiro atoms. The number of alkyl halides is 2. The van der Waals surface area contributed by atoms with Crippen molar-refractivity contribution in [3.05, 3.63) is 53.2 Å². The fourth-order valence-electron chi connectivity index (χ4n) is 4.04. The van der Waals surface area contributed by atoms with Crippen LogP contribution < -0.4 is 10.1 Å². The SMILES string of the molecule is COc1nc(C2(C#N)CCSCC2)cc2c(N[C@H](C)c3cccc(C(F)F)c3F)ncnc12. The number of fused-ring (bicyclic) bond motifs is 1. The molecule has 0 bridgehead atoms. The standard InChI is InChI=1S/C23H22F3N5OS/c1-13(14-4-3-5-15(18(14)24)20(25)26)30-21-16-10-17(23(11-27)6-8-33-9-7-23)31-22(32-2)19(16)28-12-29-21/h3-5,10,12-13,20H,6-9H2,1-2H3,(H,28,29,30)/t13-/m1/s1. The summed E-state index contributed by atoms with van der Waals surface area (Å²) >= 11 is 1.80. The van der Waals surface area contributed by atoms with E-state index in [0.29, 0.717) is 35.3 Å². The van der Waals surface area contributed by atoms with E-state index in [1.165, 1.54) is 25.6 Å². The first kappa shape index (κ1) is 23.1. The normalized spacial score (nSPS) is 16.4. The molecule has 10 heteroatoms. The van der Waals surface area contributed by atoms with Crippen LogP contribution in [-0.2, 0) is 5.41 Å². The molecular formula is C23H22F3N5OS. The second-order valence-corrected chi connectivity index (χ2v) is 9.08. The molecule has 33 heavy (non-hydrogen) atoms. The van der Waals surface area contributed by atoms with Gasteiger partial charge in [0, 0.05) is 5.56 Å². The average molecular weight is 474 g/mol. The first-order chi connectivity index (χ1) is 15.9. The number of rotatable bonds is 6. The summed E-state index contributed by atoms with van der Waals surface area (Å²) in [5.41, 5.74) is -0.285. The van der Waals surface area contributed by atoms with Gasteiger partial charge in [0.1, 0.15) is 28.9 Å². The Morgan fingerprint density at radius 3 is 2.61 bits per heavy atom. The van der Waals surface area contributed by atoms with E-state index in [0.717, 1.165) is 17.6 Å². The number of thioether (sulfide) groups is 1. The van der Waals surface area contributed by atoms with E-state index in [2.05, 4.69) is 26.3 Å². The molecule has 6 nitrogen and oxygen atoms in total. The number of halogens is 3. The molecule has 172 valence electrons. The number of anilines is 1. The lowest BCUT2D eigenvalue weighted by Gasteiger charge is -2.30. The predicted octanol–water partition coefficient (Wildman–Crippen LogP) is 5.57. The maximum Gasteiger partial charge on any atom is 0.266 e. The van der Waals surface area contributed by atoms with Crippen LogP contribution in [0.15, 0.2) is 30.6 Å². The molecule has 0 aliphatic carbocycles. The Hall–Kier alpha value is -3.06. The van der Waals surface area contributed by atoms with Gasteiger partial charge in [-0.15, -0.1) is 0 Å². The molecule has 2 aromatic heterocycles. The molecule has 1 aliphatic rings. The number of methoxy groups -OCH3 is 1. The molecule has 1 aliphatic heterocycles. The van der Waals surface area contributed by atoms with Crippen LogP contribution in [0.5, 0.6) is 5.88 Å². The Labute approximate surface area is 193 Å². The number of pyridine rings is 1. The monoisotopic (exact) mass is 473 g/mol. The lowest BCUT2D eigenvalue weighted by atomic mass is 9.79. The summed E-state index contributed by atoms with van der Waals surface area (Å²) in [6.45, 7) is 1.66. The Bertz CT molecular complexity index is 1210. The lowest BCUT2D eigenvalue weighted by molar-refractivity contribution is 0.146. The van der Waals surface area contributed by atoms with Crippen LogP contribution in [0.4, 0.5) is 19.0 Å². The zero-order valence-corrected chi connectivity index (χ0v) is 18.9. The second kappa shape index (κ2) is 9.43. The second-order valence-electron chi connectivity index (χ2n) is 7.86. The minimum atomic E-state index is -2.91. The number of nitrogens with zero attached hydrogens (tertiary/aromatic N) is 4. The van der Waals surface area contributed by atoms with E-state index in [-0.39, 0.29) is 11.4 Å². The Balaban J connectivity index is 1.79. The van der Waals surface area contributed by atoms with Crippen molar-refractivity contribution in [1.82, 2.24) is 15.0 Å². The van der Waals surface area contributed by atoms with Gasteiger partial charge in [-0.05, 0) is 37.3 Å². The summed E-state index contributed by atoms with van der Waals surface area (Å²) in [5.74, 6) is 1.38. The van der Waals surface area contributed by atoms with Crippen LogP contribution in [0.25, 0.3) is 10.9 Å². The first-order valence-electron chi connectivity index (χ1n) is 10.4. The minimum absolute atomic E-state index is 0.0959.